The minimum absolute atomic E-state index is 0.412. The summed E-state index contributed by atoms with van der Waals surface area (Å²) < 4.78 is 13.2. The fourth-order valence-electron chi connectivity index (χ4n) is 4.95. The van der Waals surface area contributed by atoms with Crippen LogP contribution in [0, 0.1) is 0 Å². The van der Waals surface area contributed by atoms with Gasteiger partial charge in [-0.25, -0.2) is 4.74 Å². The first-order chi connectivity index (χ1) is 14.9. The molecule has 0 amide bonds. The average molecular weight is 431 g/mol. The van der Waals surface area contributed by atoms with Crippen LogP contribution in [0.3, 0.4) is 0 Å². The minimum atomic E-state index is -2.28. The summed E-state index contributed by atoms with van der Waals surface area (Å²) in [6.07, 6.45) is 0. The number of benzene rings is 3. The molecule has 31 heavy (non-hydrogen) atoms. The zero-order chi connectivity index (χ0) is 21.9. The second-order valence-electron chi connectivity index (χ2n) is 9.07. The van der Waals surface area contributed by atoms with E-state index in [1.54, 1.807) is 0 Å². The van der Waals surface area contributed by atoms with E-state index in [9.17, 15) is 0 Å². The van der Waals surface area contributed by atoms with E-state index >= 15 is 0 Å². The Morgan fingerprint density at radius 3 is 1.45 bits per heavy atom. The summed E-state index contributed by atoms with van der Waals surface area (Å²) in [7, 11) is 2.14. The van der Waals surface area contributed by atoms with Crippen LogP contribution in [-0.4, -0.2) is 14.1 Å². The van der Waals surface area contributed by atoms with Crippen molar-refractivity contribution in [1.82, 2.24) is 0 Å². The Bertz CT molecular complexity index is 1130. The van der Waals surface area contributed by atoms with Crippen LogP contribution >= 0.6 is 7.51 Å². The molecule has 160 valence electrons. The average Bonchev–Trinajstić information content (AvgIpc) is 3.16. The maximum absolute atomic E-state index is 5.77. The van der Waals surface area contributed by atoms with Gasteiger partial charge in [0.1, 0.15) is 0 Å². The van der Waals surface area contributed by atoms with Crippen LogP contribution in [0.1, 0.15) is 50.7 Å². The molecule has 0 spiro atoms. The van der Waals surface area contributed by atoms with Gasteiger partial charge in [-0.05, 0) is 47.2 Å². The molecule has 0 N–H and O–H groups in total. The lowest BCUT2D eigenvalue weighted by Gasteiger charge is -2.36. The molecule has 2 heterocycles. The van der Waals surface area contributed by atoms with Crippen molar-refractivity contribution in [3.05, 3.63) is 77.9 Å². The quantitative estimate of drug-likeness (QED) is 0.391. The van der Waals surface area contributed by atoms with Gasteiger partial charge >= 0.3 is 0 Å². The molecule has 3 aromatic carbocycles. The summed E-state index contributed by atoms with van der Waals surface area (Å²) in [5.74, 6) is 0.823. The molecule has 5 heteroatoms. The maximum atomic E-state index is 5.77. The fourth-order valence-corrected chi connectivity index (χ4v) is 8.58. The van der Waals surface area contributed by atoms with Crippen molar-refractivity contribution in [3.63, 3.8) is 0 Å². The third-order valence-electron chi connectivity index (χ3n) is 6.57. The van der Waals surface area contributed by atoms with E-state index < -0.39 is 7.51 Å². The predicted octanol–water partition coefficient (Wildman–Crippen LogP) is 8.25. The number of anilines is 4. The van der Waals surface area contributed by atoms with Gasteiger partial charge in [0.25, 0.3) is 7.51 Å². The lowest BCUT2D eigenvalue weighted by atomic mass is 9.93. The molecule has 5 rings (SSSR count). The highest BCUT2D eigenvalue weighted by molar-refractivity contribution is 7.72. The molecule has 0 radical (unpaired) electrons. The Balaban J connectivity index is 1.89. The van der Waals surface area contributed by atoms with Gasteiger partial charge in [0.2, 0.25) is 0 Å². The van der Waals surface area contributed by atoms with Crippen LogP contribution < -0.4 is 14.0 Å². The van der Waals surface area contributed by atoms with E-state index in [1.165, 1.54) is 39.6 Å². The Labute approximate surface area is 186 Å². The summed E-state index contributed by atoms with van der Waals surface area (Å²) in [5.41, 5.74) is 8.80. The molecule has 0 saturated carbocycles. The number of para-hydroxylation sites is 4. The Kier molecular flexibility index (Phi) is 4.67. The van der Waals surface area contributed by atoms with Gasteiger partial charge in [0.05, 0.1) is 28.4 Å². The van der Waals surface area contributed by atoms with E-state index in [1.807, 2.05) is 0 Å². The summed E-state index contributed by atoms with van der Waals surface area (Å²) in [6, 6.07) is 24.1. The molecule has 0 saturated heterocycles. The summed E-state index contributed by atoms with van der Waals surface area (Å²) in [4.78, 5) is 0. The Hall–Kier alpha value is -2.71. The van der Waals surface area contributed by atoms with E-state index in [2.05, 4.69) is 123 Å². The first kappa shape index (κ1) is 20.2. The predicted molar refractivity (Wildman–Crippen MR) is 135 cm³/mol. The molecule has 2 aliphatic rings. The molecule has 4 nitrogen and oxygen atoms in total. The highest BCUT2D eigenvalue weighted by Crippen LogP contribution is 2.77. The Morgan fingerprint density at radius 1 is 0.613 bits per heavy atom. The van der Waals surface area contributed by atoms with Crippen LogP contribution in [0.25, 0.3) is 0 Å². The molecule has 0 fully saturated rings. The smallest absolute Gasteiger partial charge is 0.253 e. The fraction of sp³-hybridized carbons (Fsp3) is 0.308. The largest absolute Gasteiger partial charge is 0.307 e. The van der Waals surface area contributed by atoms with Crippen molar-refractivity contribution in [2.24, 2.45) is 4.74 Å². The van der Waals surface area contributed by atoms with Crippen molar-refractivity contribution in [3.8, 4) is 0 Å². The maximum Gasteiger partial charge on any atom is 0.253 e. The van der Waals surface area contributed by atoms with Crippen molar-refractivity contribution >= 4 is 35.9 Å². The molecule has 0 bridgehead atoms. The molecule has 0 unspecified atom stereocenters. The molecule has 0 atom stereocenters. The molecule has 0 aromatic heterocycles. The van der Waals surface area contributed by atoms with Crippen molar-refractivity contribution in [1.29, 1.82) is 0 Å². The zero-order valence-corrected chi connectivity index (χ0v) is 20.1. The van der Waals surface area contributed by atoms with Crippen LogP contribution in [0.15, 0.2) is 71.5 Å². The van der Waals surface area contributed by atoms with Crippen LogP contribution in [-0.2, 0) is 0 Å². The number of nitrogens with zero attached hydrogens (tertiary/aromatic N) is 4. The summed E-state index contributed by atoms with van der Waals surface area (Å²) in [6.45, 7) is 9.08. The van der Waals surface area contributed by atoms with Gasteiger partial charge in [-0.2, -0.15) is 0 Å². The number of hydrogen-bond donors (Lipinski definition) is 0. The highest BCUT2D eigenvalue weighted by atomic mass is 31.2. The zero-order valence-electron chi connectivity index (χ0n) is 19.2. The second-order valence-corrected chi connectivity index (χ2v) is 11.9. The van der Waals surface area contributed by atoms with E-state index in [-0.39, 0.29) is 0 Å². The standard InChI is InChI=1S/C26H31N4P/c1-18(2)20-12-11-13-21(19(3)4)26(20)27-31-28(5)22-14-7-9-16-24(22)30(31)25-17-10-8-15-23(25)29(31)6/h7-19H,1-6H3. The topological polar surface area (TPSA) is 22.1 Å². The monoisotopic (exact) mass is 430 g/mol. The van der Waals surface area contributed by atoms with Crippen LogP contribution in [0.4, 0.5) is 28.4 Å². The Morgan fingerprint density at radius 2 is 1.03 bits per heavy atom. The normalized spacial score (nSPS) is 16.1. The molecule has 2 aliphatic heterocycles. The third-order valence-corrected chi connectivity index (χ3v) is 10.0. The second kappa shape index (κ2) is 7.17. The van der Waals surface area contributed by atoms with Crippen molar-refractivity contribution < 1.29 is 0 Å². The van der Waals surface area contributed by atoms with Gasteiger partial charge in [-0.1, -0.05) is 70.2 Å². The summed E-state index contributed by atoms with van der Waals surface area (Å²) in [5, 5.41) is 0. The first-order valence-electron chi connectivity index (χ1n) is 11.1. The van der Waals surface area contributed by atoms with Gasteiger partial charge < -0.3 is 9.34 Å². The third kappa shape index (κ3) is 2.71. The molecule has 3 aromatic rings. The lowest BCUT2D eigenvalue weighted by Crippen LogP contribution is -2.25. The van der Waals surface area contributed by atoms with Gasteiger partial charge in [-0.15, -0.1) is 0 Å². The first-order valence-corrected chi connectivity index (χ1v) is 12.7. The van der Waals surface area contributed by atoms with Gasteiger partial charge in [0, 0.05) is 14.1 Å². The van der Waals surface area contributed by atoms with E-state index in [4.69, 9.17) is 4.74 Å². The van der Waals surface area contributed by atoms with Gasteiger partial charge in [0.15, 0.2) is 0 Å². The van der Waals surface area contributed by atoms with Crippen LogP contribution in [0.2, 0.25) is 0 Å². The minimum Gasteiger partial charge on any atom is -0.307 e. The van der Waals surface area contributed by atoms with Crippen LogP contribution in [0.5, 0.6) is 0 Å². The highest BCUT2D eigenvalue weighted by Gasteiger charge is 2.52. The van der Waals surface area contributed by atoms with E-state index in [0.717, 1.165) is 0 Å². The molecular formula is C26H31N4P. The SMILES string of the molecule is CC(C)c1cccc(C(C)C)c1N=P12N(C)c3ccccc3N1c1ccccc1N2C. The number of fused-ring (bicyclic) bond motifs is 5. The van der Waals surface area contributed by atoms with E-state index in [0.29, 0.717) is 11.8 Å². The molecule has 0 aliphatic carbocycles. The van der Waals surface area contributed by atoms with Crippen molar-refractivity contribution in [2.75, 3.05) is 28.1 Å². The van der Waals surface area contributed by atoms with Crippen molar-refractivity contribution in [2.45, 2.75) is 39.5 Å². The number of hydrogen-bond acceptors (Lipinski definition) is 1. The van der Waals surface area contributed by atoms with Gasteiger partial charge in [-0.3, -0.25) is 4.67 Å². The summed E-state index contributed by atoms with van der Waals surface area (Å²) >= 11 is 0. The number of rotatable bonds is 3. The lowest BCUT2D eigenvalue weighted by molar-refractivity contribution is 0.835. The molecular weight excluding hydrogens is 399 g/mol.